The van der Waals surface area contributed by atoms with Crippen LogP contribution in [0.4, 0.5) is 4.79 Å². The summed E-state index contributed by atoms with van der Waals surface area (Å²) < 4.78 is 4.78. The predicted octanol–water partition coefficient (Wildman–Crippen LogP) is 2.63. The van der Waals surface area contributed by atoms with Gasteiger partial charge in [0.25, 0.3) is 0 Å². The van der Waals surface area contributed by atoms with Gasteiger partial charge in [0.1, 0.15) is 0 Å². The molecule has 0 spiro atoms. The van der Waals surface area contributed by atoms with Crippen molar-refractivity contribution >= 4 is 6.09 Å². The molecular weight excluding hydrogens is 202 g/mol. The molecule has 1 heterocycles. The van der Waals surface area contributed by atoms with Crippen LogP contribution >= 0.6 is 0 Å². The van der Waals surface area contributed by atoms with Gasteiger partial charge in [0.2, 0.25) is 0 Å². The Balaban J connectivity index is 2.13. The molecule has 1 aliphatic rings. The molecule has 1 aliphatic heterocycles. The smallest absolute Gasteiger partial charge is 0.409 e. The van der Waals surface area contributed by atoms with Crippen molar-refractivity contribution in [1.82, 2.24) is 4.90 Å². The third kappa shape index (κ3) is 1.90. The van der Waals surface area contributed by atoms with Crippen molar-refractivity contribution in [3.05, 3.63) is 35.9 Å². The van der Waals surface area contributed by atoms with Crippen LogP contribution in [0.1, 0.15) is 24.8 Å². The van der Waals surface area contributed by atoms with Crippen molar-refractivity contribution in [3.8, 4) is 0 Å². The molecule has 2 atom stereocenters. The second-order valence-corrected chi connectivity index (χ2v) is 4.21. The first kappa shape index (κ1) is 11.0. The number of likely N-dealkylation sites (tertiary alicyclic amines) is 1. The van der Waals surface area contributed by atoms with Crippen molar-refractivity contribution in [2.75, 3.05) is 13.7 Å². The molecule has 86 valence electrons. The average molecular weight is 219 g/mol. The Labute approximate surface area is 96.0 Å². The first-order valence-electron chi connectivity index (χ1n) is 5.63. The molecule has 3 heteroatoms. The number of carbonyl (C=O) groups is 1. The van der Waals surface area contributed by atoms with Crippen LogP contribution in [0.3, 0.4) is 0 Å². The van der Waals surface area contributed by atoms with E-state index in [1.54, 1.807) is 4.90 Å². The number of ether oxygens (including phenoxy) is 1. The lowest BCUT2D eigenvalue weighted by molar-refractivity contribution is 0.120. The largest absolute Gasteiger partial charge is 0.453 e. The van der Waals surface area contributed by atoms with E-state index in [1.165, 1.54) is 12.7 Å². The van der Waals surface area contributed by atoms with Crippen LogP contribution in [0.5, 0.6) is 0 Å². The third-order valence-electron chi connectivity index (χ3n) is 3.39. The number of carbonyl (C=O) groups excluding carboxylic acids is 1. The maximum atomic E-state index is 11.5. The Morgan fingerprint density at radius 2 is 2.06 bits per heavy atom. The zero-order valence-electron chi connectivity index (χ0n) is 9.72. The highest BCUT2D eigenvalue weighted by molar-refractivity contribution is 5.68. The summed E-state index contributed by atoms with van der Waals surface area (Å²) in [7, 11) is 1.44. The van der Waals surface area contributed by atoms with Gasteiger partial charge in [-0.2, -0.15) is 0 Å². The lowest BCUT2D eigenvalue weighted by atomic mass is 9.93. The summed E-state index contributed by atoms with van der Waals surface area (Å²) in [5.74, 6) is 0.431. The van der Waals surface area contributed by atoms with Crippen molar-refractivity contribution in [2.24, 2.45) is 0 Å². The molecule has 1 fully saturated rings. The Hall–Kier alpha value is -1.51. The van der Waals surface area contributed by atoms with Gasteiger partial charge in [0.05, 0.1) is 7.11 Å². The molecule has 0 radical (unpaired) electrons. The number of rotatable bonds is 1. The van der Waals surface area contributed by atoms with E-state index in [4.69, 9.17) is 4.74 Å². The highest BCUT2D eigenvalue weighted by Crippen LogP contribution is 2.33. The van der Waals surface area contributed by atoms with Gasteiger partial charge in [0.15, 0.2) is 0 Å². The summed E-state index contributed by atoms with van der Waals surface area (Å²) in [6.45, 7) is 2.87. The molecule has 0 bridgehead atoms. The quantitative estimate of drug-likeness (QED) is 0.726. The minimum absolute atomic E-state index is 0.217. The molecule has 0 aliphatic carbocycles. The number of hydrogen-bond donors (Lipinski definition) is 0. The lowest BCUT2D eigenvalue weighted by Crippen LogP contribution is -2.35. The van der Waals surface area contributed by atoms with E-state index in [0.29, 0.717) is 5.92 Å². The first-order valence-corrected chi connectivity index (χ1v) is 5.63. The minimum Gasteiger partial charge on any atom is -0.453 e. The zero-order valence-corrected chi connectivity index (χ0v) is 9.72. The highest BCUT2D eigenvalue weighted by atomic mass is 16.5. The van der Waals surface area contributed by atoms with Crippen molar-refractivity contribution in [3.63, 3.8) is 0 Å². The molecule has 2 rings (SSSR count). The standard InChI is InChI=1S/C13H17NO2/c1-10-12(11-6-4-3-5-7-11)8-9-14(10)13(15)16-2/h3-7,10,12H,8-9H2,1-2H3. The van der Waals surface area contributed by atoms with Gasteiger partial charge in [-0.15, -0.1) is 0 Å². The van der Waals surface area contributed by atoms with Gasteiger partial charge in [-0.1, -0.05) is 30.3 Å². The lowest BCUT2D eigenvalue weighted by Gasteiger charge is -2.23. The SMILES string of the molecule is COC(=O)N1CCC(c2ccccc2)C1C. The summed E-state index contributed by atoms with van der Waals surface area (Å²) >= 11 is 0. The van der Waals surface area contributed by atoms with E-state index in [1.807, 2.05) is 18.2 Å². The number of methoxy groups -OCH3 is 1. The van der Waals surface area contributed by atoms with Crippen molar-refractivity contribution in [2.45, 2.75) is 25.3 Å². The normalized spacial score (nSPS) is 24.5. The molecule has 1 saturated heterocycles. The molecular formula is C13H17NO2. The van der Waals surface area contributed by atoms with E-state index in [0.717, 1.165) is 13.0 Å². The number of amides is 1. The number of nitrogens with zero attached hydrogens (tertiary/aromatic N) is 1. The molecule has 0 saturated carbocycles. The maximum Gasteiger partial charge on any atom is 0.409 e. The summed E-state index contributed by atoms with van der Waals surface area (Å²) in [6.07, 6.45) is 0.797. The molecule has 1 aromatic carbocycles. The predicted molar refractivity (Wildman–Crippen MR) is 62.4 cm³/mol. The monoisotopic (exact) mass is 219 g/mol. The molecule has 2 unspecified atom stereocenters. The van der Waals surface area contributed by atoms with E-state index in [2.05, 4.69) is 19.1 Å². The van der Waals surface area contributed by atoms with Gasteiger partial charge < -0.3 is 9.64 Å². The summed E-state index contributed by atoms with van der Waals surface area (Å²) in [4.78, 5) is 13.3. The second-order valence-electron chi connectivity index (χ2n) is 4.21. The Kier molecular flexibility index (Phi) is 3.13. The van der Waals surface area contributed by atoms with Crippen LogP contribution in [0, 0.1) is 0 Å². The van der Waals surface area contributed by atoms with E-state index in [-0.39, 0.29) is 12.1 Å². The highest BCUT2D eigenvalue weighted by Gasteiger charge is 2.34. The average Bonchev–Trinajstić information content (AvgIpc) is 2.71. The third-order valence-corrected chi connectivity index (χ3v) is 3.39. The van der Waals surface area contributed by atoms with Gasteiger partial charge in [-0.25, -0.2) is 4.79 Å². The molecule has 0 N–H and O–H groups in total. The first-order chi connectivity index (χ1) is 7.74. The fourth-order valence-corrected chi connectivity index (χ4v) is 2.46. The van der Waals surface area contributed by atoms with Crippen molar-refractivity contribution in [1.29, 1.82) is 0 Å². The molecule has 0 aromatic heterocycles. The van der Waals surface area contributed by atoms with Crippen molar-refractivity contribution < 1.29 is 9.53 Å². The van der Waals surface area contributed by atoms with E-state index < -0.39 is 0 Å². The number of benzene rings is 1. The Morgan fingerprint density at radius 1 is 1.38 bits per heavy atom. The number of hydrogen-bond acceptors (Lipinski definition) is 2. The van der Waals surface area contributed by atoms with Gasteiger partial charge in [-0.05, 0) is 18.9 Å². The minimum atomic E-state index is -0.217. The fourth-order valence-electron chi connectivity index (χ4n) is 2.46. The summed E-state index contributed by atoms with van der Waals surface area (Å²) in [5.41, 5.74) is 1.31. The van der Waals surface area contributed by atoms with Gasteiger partial charge in [-0.3, -0.25) is 0 Å². The summed E-state index contributed by atoms with van der Waals surface area (Å²) in [5, 5.41) is 0. The molecule has 3 nitrogen and oxygen atoms in total. The molecule has 1 amide bonds. The van der Waals surface area contributed by atoms with Gasteiger partial charge >= 0.3 is 6.09 Å². The van der Waals surface area contributed by atoms with E-state index >= 15 is 0 Å². The van der Waals surface area contributed by atoms with Crippen LogP contribution in [-0.4, -0.2) is 30.7 Å². The zero-order chi connectivity index (χ0) is 11.5. The van der Waals surface area contributed by atoms with E-state index in [9.17, 15) is 4.79 Å². The van der Waals surface area contributed by atoms with Crippen LogP contribution in [0.2, 0.25) is 0 Å². The second kappa shape index (κ2) is 4.56. The fraction of sp³-hybridized carbons (Fsp3) is 0.462. The van der Waals surface area contributed by atoms with Crippen LogP contribution in [0.25, 0.3) is 0 Å². The van der Waals surface area contributed by atoms with Crippen LogP contribution in [-0.2, 0) is 4.74 Å². The molecule has 1 aromatic rings. The Morgan fingerprint density at radius 3 is 2.69 bits per heavy atom. The Bertz CT molecular complexity index is 363. The van der Waals surface area contributed by atoms with Gasteiger partial charge in [0, 0.05) is 18.5 Å². The van der Waals surface area contributed by atoms with Crippen LogP contribution in [0.15, 0.2) is 30.3 Å². The maximum absolute atomic E-state index is 11.5. The topological polar surface area (TPSA) is 29.5 Å². The summed E-state index contributed by atoms with van der Waals surface area (Å²) in [6, 6.07) is 10.6. The molecule has 16 heavy (non-hydrogen) atoms. The van der Waals surface area contributed by atoms with Crippen LogP contribution < -0.4 is 0 Å².